The van der Waals surface area contributed by atoms with Crippen LogP contribution in [0.3, 0.4) is 0 Å². The quantitative estimate of drug-likeness (QED) is 0.181. The number of benzene rings is 8. The highest BCUT2D eigenvalue weighted by Gasteiger charge is 2.20. The SMILES string of the molecule is CC.CC.c1ccc(-c2ccc3cc(-c4cc5sc(-c6ccc(-n7c8ccccc8c8ccccc87)cc6)nc5c5c4oc4ccccc45)ccc3c2)cc1. The van der Waals surface area contributed by atoms with Crippen LogP contribution in [0.4, 0.5) is 0 Å². The minimum absolute atomic E-state index is 0.875. The molecule has 8 aromatic carbocycles. The fourth-order valence-electron chi connectivity index (χ4n) is 7.79. The van der Waals surface area contributed by atoms with Crippen molar-refractivity contribution in [2.45, 2.75) is 27.7 Å². The Morgan fingerprint density at radius 2 is 1.05 bits per heavy atom. The van der Waals surface area contributed by atoms with E-state index in [4.69, 9.17) is 9.40 Å². The molecule has 0 unspecified atom stereocenters. The largest absolute Gasteiger partial charge is 0.455 e. The highest BCUT2D eigenvalue weighted by Crippen LogP contribution is 2.44. The summed E-state index contributed by atoms with van der Waals surface area (Å²) in [4.78, 5) is 5.30. The first kappa shape index (κ1) is 34.3. The summed E-state index contributed by atoms with van der Waals surface area (Å²) in [6.45, 7) is 8.00. The van der Waals surface area contributed by atoms with E-state index in [2.05, 4.69) is 168 Å². The Balaban J connectivity index is 0.000000963. The lowest BCUT2D eigenvalue weighted by atomic mass is 9.96. The number of aromatic nitrogens is 2. The van der Waals surface area contributed by atoms with E-state index in [0.29, 0.717) is 0 Å². The first-order valence-corrected chi connectivity index (χ1v) is 20.0. The van der Waals surface area contributed by atoms with Gasteiger partial charge in [-0.2, -0.15) is 0 Å². The Morgan fingerprint density at radius 1 is 0.491 bits per heavy atom. The van der Waals surface area contributed by atoms with Crippen molar-refractivity contribution in [3.05, 3.63) is 170 Å². The van der Waals surface area contributed by atoms with Gasteiger partial charge in [0, 0.05) is 33.0 Å². The van der Waals surface area contributed by atoms with Gasteiger partial charge < -0.3 is 8.98 Å². The monoisotopic (exact) mass is 728 g/mol. The van der Waals surface area contributed by atoms with E-state index in [9.17, 15) is 0 Å². The fraction of sp³-hybridized carbons (Fsp3) is 0.0784. The summed E-state index contributed by atoms with van der Waals surface area (Å²) in [5.74, 6) is 0. The predicted molar refractivity (Wildman–Crippen MR) is 238 cm³/mol. The van der Waals surface area contributed by atoms with E-state index < -0.39 is 0 Å². The molecule has 0 bridgehead atoms. The average Bonchev–Trinajstić information content (AvgIpc) is 3.97. The van der Waals surface area contributed by atoms with Crippen LogP contribution in [-0.2, 0) is 0 Å². The molecule has 266 valence electrons. The molecule has 0 saturated carbocycles. The van der Waals surface area contributed by atoms with Gasteiger partial charge in [0.05, 0.1) is 26.6 Å². The van der Waals surface area contributed by atoms with Crippen LogP contribution < -0.4 is 0 Å². The van der Waals surface area contributed by atoms with Crippen LogP contribution in [0.1, 0.15) is 27.7 Å². The molecular formula is C51H40N2OS. The number of hydrogen-bond acceptors (Lipinski definition) is 3. The minimum Gasteiger partial charge on any atom is -0.455 e. The van der Waals surface area contributed by atoms with Crippen LogP contribution in [-0.4, -0.2) is 9.55 Å². The van der Waals surface area contributed by atoms with Gasteiger partial charge >= 0.3 is 0 Å². The summed E-state index contributed by atoms with van der Waals surface area (Å²) in [6, 6.07) is 60.7. The topological polar surface area (TPSA) is 31.0 Å². The van der Waals surface area contributed by atoms with Crippen molar-refractivity contribution in [2.75, 3.05) is 0 Å². The lowest BCUT2D eigenvalue weighted by Gasteiger charge is -2.08. The van der Waals surface area contributed by atoms with Gasteiger partial charge in [-0.3, -0.25) is 0 Å². The van der Waals surface area contributed by atoms with Crippen LogP contribution in [0.2, 0.25) is 0 Å². The number of furan rings is 1. The molecule has 0 atom stereocenters. The Bertz CT molecular complexity index is 3080. The van der Waals surface area contributed by atoms with Gasteiger partial charge in [0.1, 0.15) is 16.2 Å². The third-order valence-corrected chi connectivity index (χ3v) is 11.3. The van der Waals surface area contributed by atoms with E-state index in [1.165, 1.54) is 43.7 Å². The zero-order chi connectivity index (χ0) is 37.5. The Labute approximate surface area is 324 Å². The maximum absolute atomic E-state index is 6.64. The number of nitrogens with zero attached hydrogens (tertiary/aromatic N) is 2. The van der Waals surface area contributed by atoms with Crippen LogP contribution in [0, 0.1) is 0 Å². The molecule has 0 radical (unpaired) electrons. The third-order valence-electron chi connectivity index (χ3n) is 10.2. The van der Waals surface area contributed by atoms with E-state index in [-0.39, 0.29) is 0 Å². The van der Waals surface area contributed by atoms with Gasteiger partial charge in [-0.25, -0.2) is 4.98 Å². The molecule has 11 rings (SSSR count). The number of thiazole rings is 1. The van der Waals surface area contributed by atoms with Crippen molar-refractivity contribution in [1.29, 1.82) is 0 Å². The predicted octanol–water partition coefficient (Wildman–Crippen LogP) is 15.5. The normalized spacial score (nSPS) is 11.3. The Kier molecular flexibility index (Phi) is 8.97. The summed E-state index contributed by atoms with van der Waals surface area (Å²) in [5.41, 5.74) is 12.0. The molecule has 0 aliphatic carbocycles. The molecule has 0 aliphatic rings. The molecule has 3 nitrogen and oxygen atoms in total. The lowest BCUT2D eigenvalue weighted by Crippen LogP contribution is -1.93. The highest BCUT2D eigenvalue weighted by molar-refractivity contribution is 7.21. The third kappa shape index (κ3) is 5.78. The van der Waals surface area contributed by atoms with Crippen molar-refractivity contribution in [3.8, 4) is 38.5 Å². The molecule has 3 heterocycles. The molecule has 0 saturated heterocycles. The molecular weight excluding hydrogens is 689 g/mol. The van der Waals surface area contributed by atoms with E-state index in [0.717, 1.165) is 59.5 Å². The zero-order valence-corrected chi connectivity index (χ0v) is 32.2. The number of rotatable bonds is 4. The fourth-order valence-corrected chi connectivity index (χ4v) is 8.81. The van der Waals surface area contributed by atoms with Gasteiger partial charge in [0.15, 0.2) is 0 Å². The van der Waals surface area contributed by atoms with Gasteiger partial charge in [0.25, 0.3) is 0 Å². The molecule has 0 spiro atoms. The molecule has 3 aromatic heterocycles. The van der Waals surface area contributed by atoms with Gasteiger partial charge in [0.2, 0.25) is 0 Å². The Hall–Kier alpha value is -6.49. The molecule has 4 heteroatoms. The van der Waals surface area contributed by atoms with Crippen molar-refractivity contribution in [3.63, 3.8) is 0 Å². The van der Waals surface area contributed by atoms with E-state index >= 15 is 0 Å². The van der Waals surface area contributed by atoms with Crippen LogP contribution in [0.15, 0.2) is 174 Å². The molecule has 55 heavy (non-hydrogen) atoms. The van der Waals surface area contributed by atoms with Gasteiger partial charge in [-0.15, -0.1) is 11.3 Å². The second-order valence-corrected chi connectivity index (χ2v) is 14.2. The smallest absolute Gasteiger partial charge is 0.145 e. The molecule has 0 N–H and O–H groups in total. The first-order valence-electron chi connectivity index (χ1n) is 19.2. The maximum Gasteiger partial charge on any atom is 0.145 e. The van der Waals surface area contributed by atoms with Gasteiger partial charge in [-0.1, -0.05) is 137 Å². The molecule has 11 aromatic rings. The number of hydrogen-bond donors (Lipinski definition) is 0. The average molecular weight is 729 g/mol. The second-order valence-electron chi connectivity index (χ2n) is 13.2. The molecule has 0 fully saturated rings. The maximum atomic E-state index is 6.64. The summed E-state index contributed by atoms with van der Waals surface area (Å²) < 4.78 is 10.1. The van der Waals surface area contributed by atoms with Gasteiger partial charge in [-0.05, 0) is 88.1 Å². The summed E-state index contributed by atoms with van der Waals surface area (Å²) in [7, 11) is 0. The van der Waals surface area contributed by atoms with Crippen molar-refractivity contribution < 1.29 is 4.42 Å². The van der Waals surface area contributed by atoms with Crippen LogP contribution >= 0.6 is 11.3 Å². The second kappa shape index (κ2) is 14.4. The van der Waals surface area contributed by atoms with Crippen molar-refractivity contribution in [1.82, 2.24) is 9.55 Å². The minimum atomic E-state index is 0.875. The first-order chi connectivity index (χ1) is 27.3. The number of fused-ring (bicyclic) bond motifs is 9. The lowest BCUT2D eigenvalue weighted by molar-refractivity contribution is 0.670. The van der Waals surface area contributed by atoms with E-state index in [1.54, 1.807) is 11.3 Å². The summed E-state index contributed by atoms with van der Waals surface area (Å²) >= 11 is 1.74. The summed E-state index contributed by atoms with van der Waals surface area (Å²) in [5, 5.41) is 8.09. The summed E-state index contributed by atoms with van der Waals surface area (Å²) in [6.07, 6.45) is 0. The van der Waals surface area contributed by atoms with Crippen molar-refractivity contribution >= 4 is 76.1 Å². The molecule has 0 aliphatic heterocycles. The van der Waals surface area contributed by atoms with Crippen LogP contribution in [0.5, 0.6) is 0 Å². The highest BCUT2D eigenvalue weighted by atomic mass is 32.1. The van der Waals surface area contributed by atoms with Crippen molar-refractivity contribution in [2.24, 2.45) is 0 Å². The molecule has 0 amide bonds. The zero-order valence-electron chi connectivity index (χ0n) is 31.4. The van der Waals surface area contributed by atoms with E-state index in [1.807, 2.05) is 33.8 Å². The number of para-hydroxylation sites is 3. The standard InChI is InChI=1S/C47H28N2OS.2C2H6/c1-2-10-29(11-3-1)31-18-19-33-27-34(21-20-32(33)26-31)39-28-43-45(44-38-14-6-9-17-42(38)50-46(39)44)48-47(51-43)30-22-24-35(25-23-30)49-40-15-7-4-12-36(40)37-13-5-8-16-41(37)49;2*1-2/h1-28H;2*1-2H3. The van der Waals surface area contributed by atoms with Crippen LogP contribution in [0.25, 0.3) is 103 Å². The Morgan fingerprint density at radius 3 is 1.75 bits per heavy atom.